The Kier molecular flexibility index (Phi) is 3.88. The number of hydrogen-bond acceptors (Lipinski definition) is 2. The number of carbonyl (C=O) groups excluding carboxylic acids is 1. The molecule has 1 rings (SSSR count). The molecule has 1 aromatic rings. The maximum absolute atomic E-state index is 12.2. The molecular formula is C11H11F3N2O. The normalized spacial score (nSPS) is 11.1. The maximum atomic E-state index is 12.2. The van der Waals surface area contributed by atoms with Gasteiger partial charge >= 0.3 is 6.18 Å². The molecule has 1 aromatic heterocycles. The molecule has 0 aliphatic carbocycles. The van der Waals surface area contributed by atoms with E-state index in [1.807, 2.05) is 0 Å². The molecule has 0 bridgehead atoms. The van der Waals surface area contributed by atoms with Crippen LogP contribution in [0.3, 0.4) is 0 Å². The van der Waals surface area contributed by atoms with Crippen molar-refractivity contribution in [3.8, 4) is 0 Å². The summed E-state index contributed by atoms with van der Waals surface area (Å²) in [6.45, 7) is 5.57. The van der Waals surface area contributed by atoms with Crippen LogP contribution in [-0.2, 0) is 6.18 Å². The third-order valence-corrected chi connectivity index (χ3v) is 1.87. The van der Waals surface area contributed by atoms with Gasteiger partial charge in [-0.15, -0.1) is 0 Å². The highest BCUT2D eigenvalue weighted by atomic mass is 19.4. The third-order valence-electron chi connectivity index (χ3n) is 1.87. The molecule has 17 heavy (non-hydrogen) atoms. The van der Waals surface area contributed by atoms with E-state index in [2.05, 4.69) is 16.9 Å². The molecule has 0 aromatic carbocycles. The summed E-state index contributed by atoms with van der Waals surface area (Å²) >= 11 is 0. The smallest absolute Gasteiger partial charge is 0.347 e. The van der Waals surface area contributed by atoms with Gasteiger partial charge in [-0.25, -0.2) is 0 Å². The Morgan fingerprint density at radius 2 is 2.12 bits per heavy atom. The van der Waals surface area contributed by atoms with Crippen molar-refractivity contribution in [2.24, 2.45) is 0 Å². The molecular weight excluding hydrogens is 233 g/mol. The van der Waals surface area contributed by atoms with Crippen LogP contribution >= 0.6 is 0 Å². The van der Waals surface area contributed by atoms with Crippen molar-refractivity contribution in [3.63, 3.8) is 0 Å². The molecule has 0 spiro atoms. The molecule has 0 aliphatic heterocycles. The van der Waals surface area contributed by atoms with E-state index in [9.17, 15) is 18.0 Å². The first-order valence-electron chi connectivity index (χ1n) is 4.76. The largest absolute Gasteiger partial charge is 0.417 e. The molecule has 0 aliphatic rings. The van der Waals surface area contributed by atoms with Gasteiger partial charge < -0.3 is 5.32 Å². The van der Waals surface area contributed by atoms with Gasteiger partial charge in [-0.05, 0) is 19.1 Å². The number of aromatic nitrogens is 1. The van der Waals surface area contributed by atoms with E-state index in [1.54, 1.807) is 6.92 Å². The van der Waals surface area contributed by atoms with Crippen molar-refractivity contribution >= 4 is 5.91 Å². The molecule has 1 heterocycles. The van der Waals surface area contributed by atoms with Gasteiger partial charge in [0, 0.05) is 12.7 Å². The highest BCUT2D eigenvalue weighted by Crippen LogP contribution is 2.28. The fraction of sp³-hybridized carbons (Fsp3) is 0.273. The van der Waals surface area contributed by atoms with E-state index in [1.165, 1.54) is 0 Å². The van der Waals surface area contributed by atoms with Crippen LogP contribution in [0.4, 0.5) is 13.2 Å². The molecule has 6 heteroatoms. The first-order chi connectivity index (χ1) is 7.80. The molecule has 92 valence electrons. The Morgan fingerprint density at radius 3 is 2.53 bits per heavy atom. The SMILES string of the molecule is C=C(C)CNC(=O)c1ccc(C(F)(F)F)cn1. The lowest BCUT2D eigenvalue weighted by atomic mass is 10.2. The van der Waals surface area contributed by atoms with Gasteiger partial charge in [-0.1, -0.05) is 12.2 Å². The van der Waals surface area contributed by atoms with Gasteiger partial charge in [0.05, 0.1) is 5.56 Å². The Labute approximate surface area is 96.4 Å². The van der Waals surface area contributed by atoms with Gasteiger partial charge in [0.1, 0.15) is 5.69 Å². The van der Waals surface area contributed by atoms with Crippen LogP contribution in [-0.4, -0.2) is 17.4 Å². The van der Waals surface area contributed by atoms with Crippen LogP contribution < -0.4 is 5.32 Å². The summed E-state index contributed by atoms with van der Waals surface area (Å²) in [4.78, 5) is 14.9. The van der Waals surface area contributed by atoms with E-state index >= 15 is 0 Å². The molecule has 0 saturated heterocycles. The number of amides is 1. The van der Waals surface area contributed by atoms with Crippen molar-refractivity contribution in [2.45, 2.75) is 13.1 Å². The minimum absolute atomic E-state index is 0.0562. The van der Waals surface area contributed by atoms with Gasteiger partial charge in [0.25, 0.3) is 5.91 Å². The zero-order chi connectivity index (χ0) is 13.1. The van der Waals surface area contributed by atoms with Crippen molar-refractivity contribution in [1.29, 1.82) is 0 Å². The Balaban J connectivity index is 2.74. The Hall–Kier alpha value is -1.85. The summed E-state index contributed by atoms with van der Waals surface area (Å²) in [5.41, 5.74) is -0.196. The van der Waals surface area contributed by atoms with Crippen molar-refractivity contribution in [3.05, 3.63) is 41.7 Å². The molecule has 1 N–H and O–H groups in total. The number of halogens is 3. The predicted molar refractivity (Wildman–Crippen MR) is 56.4 cm³/mol. The lowest BCUT2D eigenvalue weighted by Crippen LogP contribution is -2.25. The lowest BCUT2D eigenvalue weighted by Gasteiger charge is -2.07. The molecule has 0 atom stereocenters. The highest BCUT2D eigenvalue weighted by Gasteiger charge is 2.30. The van der Waals surface area contributed by atoms with Crippen LogP contribution in [0.1, 0.15) is 23.0 Å². The maximum Gasteiger partial charge on any atom is 0.417 e. The van der Waals surface area contributed by atoms with Gasteiger partial charge in [-0.3, -0.25) is 9.78 Å². The Bertz CT molecular complexity index is 423. The summed E-state index contributed by atoms with van der Waals surface area (Å²) in [5.74, 6) is -0.526. The average molecular weight is 244 g/mol. The highest BCUT2D eigenvalue weighted by molar-refractivity contribution is 5.92. The van der Waals surface area contributed by atoms with Crippen LogP contribution in [0.2, 0.25) is 0 Å². The number of hydrogen-bond donors (Lipinski definition) is 1. The van der Waals surface area contributed by atoms with Gasteiger partial charge in [0.2, 0.25) is 0 Å². The number of rotatable bonds is 3. The van der Waals surface area contributed by atoms with Gasteiger partial charge in [0.15, 0.2) is 0 Å². The fourth-order valence-corrected chi connectivity index (χ4v) is 1.02. The second-order valence-electron chi connectivity index (χ2n) is 3.57. The molecule has 0 fully saturated rings. The van der Waals surface area contributed by atoms with Crippen molar-refractivity contribution in [2.75, 3.05) is 6.54 Å². The second kappa shape index (κ2) is 4.99. The molecule has 0 saturated carbocycles. The first kappa shape index (κ1) is 13.2. The monoisotopic (exact) mass is 244 g/mol. The summed E-state index contributed by atoms with van der Waals surface area (Å²) < 4.78 is 36.7. The van der Waals surface area contributed by atoms with Crippen LogP contribution in [0.5, 0.6) is 0 Å². The number of nitrogens with zero attached hydrogens (tertiary/aromatic N) is 1. The third kappa shape index (κ3) is 3.90. The summed E-state index contributed by atoms with van der Waals surface area (Å²) in [6, 6.07) is 1.86. The number of nitrogens with one attached hydrogen (secondary N) is 1. The van der Waals surface area contributed by atoms with Crippen LogP contribution in [0, 0.1) is 0 Å². The summed E-state index contributed by atoms with van der Waals surface area (Å²) in [6.07, 6.45) is -3.81. The van der Waals surface area contributed by atoms with E-state index in [0.717, 1.165) is 17.7 Å². The second-order valence-corrected chi connectivity index (χ2v) is 3.57. The Morgan fingerprint density at radius 1 is 1.47 bits per heavy atom. The number of pyridine rings is 1. The standard InChI is InChI=1S/C11H11F3N2O/c1-7(2)5-16-10(17)9-4-3-8(6-15-9)11(12,13)14/h3-4,6H,1,5H2,2H3,(H,16,17). The van der Waals surface area contributed by atoms with Crippen LogP contribution in [0.25, 0.3) is 0 Å². The zero-order valence-electron chi connectivity index (χ0n) is 9.14. The fourth-order valence-electron chi connectivity index (χ4n) is 1.02. The number of alkyl halides is 3. The van der Waals surface area contributed by atoms with E-state index in [0.29, 0.717) is 6.20 Å². The van der Waals surface area contributed by atoms with E-state index in [4.69, 9.17) is 0 Å². The number of carbonyl (C=O) groups is 1. The molecule has 0 unspecified atom stereocenters. The van der Waals surface area contributed by atoms with Crippen LogP contribution in [0.15, 0.2) is 30.5 Å². The predicted octanol–water partition coefficient (Wildman–Crippen LogP) is 2.41. The minimum atomic E-state index is -4.44. The first-order valence-corrected chi connectivity index (χ1v) is 4.76. The zero-order valence-corrected chi connectivity index (χ0v) is 9.14. The minimum Gasteiger partial charge on any atom is -0.347 e. The summed E-state index contributed by atoms with van der Waals surface area (Å²) in [7, 11) is 0. The van der Waals surface area contributed by atoms with Gasteiger partial charge in [-0.2, -0.15) is 13.2 Å². The van der Waals surface area contributed by atoms with Crippen molar-refractivity contribution < 1.29 is 18.0 Å². The molecule has 3 nitrogen and oxygen atoms in total. The lowest BCUT2D eigenvalue weighted by molar-refractivity contribution is -0.137. The average Bonchev–Trinajstić information content (AvgIpc) is 2.25. The molecule has 0 radical (unpaired) electrons. The van der Waals surface area contributed by atoms with E-state index < -0.39 is 17.6 Å². The van der Waals surface area contributed by atoms with E-state index in [-0.39, 0.29) is 12.2 Å². The topological polar surface area (TPSA) is 42.0 Å². The quantitative estimate of drug-likeness (QED) is 0.829. The van der Waals surface area contributed by atoms with Crippen molar-refractivity contribution in [1.82, 2.24) is 10.3 Å². The molecule has 1 amide bonds. The summed E-state index contributed by atoms with van der Waals surface area (Å²) in [5, 5.41) is 2.47.